The van der Waals surface area contributed by atoms with Crippen LogP contribution in [0.3, 0.4) is 0 Å². The van der Waals surface area contributed by atoms with Crippen molar-refractivity contribution in [2.75, 3.05) is 32.1 Å². The minimum atomic E-state index is -0.431. The number of primary amides is 1. The molecule has 6 rings (SSSR count). The number of methoxy groups -OCH3 is 1. The van der Waals surface area contributed by atoms with E-state index in [2.05, 4.69) is 25.9 Å². The molecule has 0 spiro atoms. The van der Waals surface area contributed by atoms with Crippen LogP contribution in [0.25, 0.3) is 22.5 Å². The molecule has 1 saturated heterocycles. The highest BCUT2D eigenvalue weighted by Crippen LogP contribution is 2.40. The summed E-state index contributed by atoms with van der Waals surface area (Å²) in [5.74, 6) is -0.0863. The van der Waals surface area contributed by atoms with E-state index in [0.29, 0.717) is 78.1 Å². The number of anilines is 1. The van der Waals surface area contributed by atoms with Gasteiger partial charge in [0.05, 0.1) is 46.5 Å². The predicted octanol–water partition coefficient (Wildman–Crippen LogP) is 3.32. The number of fused-ring (bicyclic) bond motifs is 1. The average molecular weight is 693 g/mol. The van der Waals surface area contributed by atoms with Crippen molar-refractivity contribution < 1.29 is 19.1 Å². The fraction of sp³-hybridized carbons (Fsp3) is 0.333. The minimum absolute atomic E-state index is 0.0799. The monoisotopic (exact) mass is 691 g/mol. The number of hydrogen-bond acceptors (Lipinski definition) is 9. The molecule has 1 unspecified atom stereocenters. The number of carbonyl (C=O) groups excluding carboxylic acids is 3. The Kier molecular flexibility index (Phi) is 9.92. The topological polar surface area (TPSA) is 169 Å². The number of imidazole rings is 1. The zero-order chi connectivity index (χ0) is 33.9. The quantitative estimate of drug-likeness (QED) is 0.184. The summed E-state index contributed by atoms with van der Waals surface area (Å²) in [5.41, 5.74) is 10.4. The molecule has 1 fully saturated rings. The summed E-state index contributed by atoms with van der Waals surface area (Å²) in [6.45, 7) is 2.37. The molecule has 5 heterocycles. The molecule has 2 aliphatic rings. The number of hydrogen-bond donors (Lipinski definition) is 4. The summed E-state index contributed by atoms with van der Waals surface area (Å²) in [6.07, 6.45) is 3.63. The number of carbonyl (C=O) groups is 3. The summed E-state index contributed by atoms with van der Waals surface area (Å²) in [7, 11) is 3.35. The first-order chi connectivity index (χ1) is 23.1. The highest BCUT2D eigenvalue weighted by molar-refractivity contribution is 6.39. The van der Waals surface area contributed by atoms with Crippen LogP contribution in [-0.4, -0.2) is 74.9 Å². The number of amides is 3. The van der Waals surface area contributed by atoms with Crippen LogP contribution in [0, 0.1) is 0 Å². The molecule has 13 nitrogen and oxygen atoms in total. The largest absolute Gasteiger partial charge is 0.481 e. The van der Waals surface area contributed by atoms with Crippen molar-refractivity contribution in [2.45, 2.75) is 38.4 Å². The third-order valence-electron chi connectivity index (χ3n) is 8.51. The Morgan fingerprint density at radius 3 is 2.69 bits per heavy atom. The van der Waals surface area contributed by atoms with E-state index < -0.39 is 11.8 Å². The van der Waals surface area contributed by atoms with E-state index in [9.17, 15) is 14.4 Å². The van der Waals surface area contributed by atoms with Gasteiger partial charge in [-0.25, -0.2) is 9.97 Å². The summed E-state index contributed by atoms with van der Waals surface area (Å²) in [5, 5.41) is 9.79. The number of ether oxygens (including phenoxy) is 1. The normalized spacial score (nSPS) is 16.0. The van der Waals surface area contributed by atoms with Crippen molar-refractivity contribution in [3.8, 4) is 28.4 Å². The van der Waals surface area contributed by atoms with Gasteiger partial charge in [0.2, 0.25) is 17.7 Å². The maximum atomic E-state index is 13.4. The zero-order valence-electron chi connectivity index (χ0n) is 26.5. The lowest BCUT2D eigenvalue weighted by Crippen LogP contribution is -2.37. The standard InChI is InChI=1S/C33H35Cl2N9O4/c1-43-25-11-13-44(17-26(36)45)16-24(25)40-31(43)32(47)41-23-5-3-4-21(28(23)34)30-29(35)20(10-12-38-30)22-8-6-18(33(42-22)48-2)14-37-15-19-7-9-27(46)39-19/h3-6,8,10,12,19,37H,7,9,11,13-17H2,1-2H3,(H2,36,45)(H,39,46)(H,41,47). The van der Waals surface area contributed by atoms with Gasteiger partial charge in [0.25, 0.3) is 5.91 Å². The predicted molar refractivity (Wildman–Crippen MR) is 182 cm³/mol. The Hall–Kier alpha value is -4.56. The van der Waals surface area contributed by atoms with Crippen molar-refractivity contribution in [3.63, 3.8) is 0 Å². The number of halogens is 2. The van der Waals surface area contributed by atoms with Gasteiger partial charge >= 0.3 is 0 Å². The molecule has 1 aromatic carbocycles. The highest BCUT2D eigenvalue weighted by Gasteiger charge is 2.27. The van der Waals surface area contributed by atoms with Crippen molar-refractivity contribution in [2.24, 2.45) is 12.8 Å². The fourth-order valence-electron chi connectivity index (χ4n) is 6.10. The second-order valence-corrected chi connectivity index (χ2v) is 12.5. The number of nitrogens with zero attached hydrogens (tertiary/aromatic N) is 5. The van der Waals surface area contributed by atoms with Gasteiger partial charge in [-0.15, -0.1) is 0 Å². The number of rotatable bonds is 11. The second-order valence-electron chi connectivity index (χ2n) is 11.8. The first kappa shape index (κ1) is 33.3. The molecule has 1 atom stereocenters. The summed E-state index contributed by atoms with van der Waals surface area (Å²) in [4.78, 5) is 52.0. The third-order valence-corrected chi connectivity index (χ3v) is 9.30. The van der Waals surface area contributed by atoms with Crippen LogP contribution in [0.2, 0.25) is 10.0 Å². The molecule has 4 aromatic rings. The molecule has 15 heteroatoms. The van der Waals surface area contributed by atoms with E-state index >= 15 is 0 Å². The van der Waals surface area contributed by atoms with E-state index in [0.717, 1.165) is 23.4 Å². The molecule has 0 bridgehead atoms. The van der Waals surface area contributed by atoms with Gasteiger partial charge in [0.1, 0.15) is 0 Å². The van der Waals surface area contributed by atoms with Crippen LogP contribution < -0.4 is 26.4 Å². The lowest BCUT2D eigenvalue weighted by molar-refractivity contribution is -0.120. The van der Waals surface area contributed by atoms with Crippen molar-refractivity contribution >= 4 is 46.6 Å². The van der Waals surface area contributed by atoms with Gasteiger partial charge in [-0.3, -0.25) is 24.3 Å². The Balaban J connectivity index is 1.20. The summed E-state index contributed by atoms with van der Waals surface area (Å²) >= 11 is 13.8. The lowest BCUT2D eigenvalue weighted by atomic mass is 10.1. The second kappa shape index (κ2) is 14.3. The Labute approximate surface area is 287 Å². The van der Waals surface area contributed by atoms with Crippen LogP contribution in [0.1, 0.15) is 40.4 Å². The lowest BCUT2D eigenvalue weighted by Gasteiger charge is -2.25. The molecule has 0 aliphatic carbocycles. The van der Waals surface area contributed by atoms with Crippen molar-refractivity contribution in [3.05, 3.63) is 75.4 Å². The molecule has 0 saturated carbocycles. The van der Waals surface area contributed by atoms with Crippen LogP contribution >= 0.6 is 23.2 Å². The van der Waals surface area contributed by atoms with Gasteiger partial charge in [-0.2, -0.15) is 0 Å². The first-order valence-electron chi connectivity index (χ1n) is 15.5. The van der Waals surface area contributed by atoms with Crippen LogP contribution in [0.4, 0.5) is 5.69 Å². The van der Waals surface area contributed by atoms with Crippen molar-refractivity contribution in [1.82, 2.24) is 35.1 Å². The van der Waals surface area contributed by atoms with Crippen LogP contribution in [0.15, 0.2) is 42.6 Å². The molecule has 3 aromatic heterocycles. The summed E-state index contributed by atoms with van der Waals surface area (Å²) < 4.78 is 7.36. The smallest absolute Gasteiger partial charge is 0.291 e. The average Bonchev–Trinajstić information content (AvgIpc) is 3.63. The van der Waals surface area contributed by atoms with Crippen LogP contribution in [-0.2, 0) is 36.1 Å². The van der Waals surface area contributed by atoms with Gasteiger partial charge in [0.15, 0.2) is 5.82 Å². The highest BCUT2D eigenvalue weighted by atomic mass is 35.5. The molecule has 0 radical (unpaired) electrons. The minimum Gasteiger partial charge on any atom is -0.481 e. The number of nitrogens with one attached hydrogen (secondary N) is 3. The molecule has 5 N–H and O–H groups in total. The molecular formula is C33H35Cl2N9O4. The van der Waals surface area contributed by atoms with Gasteiger partial charge in [0, 0.05) is 80.7 Å². The van der Waals surface area contributed by atoms with E-state index in [1.165, 1.54) is 0 Å². The maximum Gasteiger partial charge on any atom is 0.291 e. The Morgan fingerprint density at radius 2 is 1.94 bits per heavy atom. The van der Waals surface area contributed by atoms with Gasteiger partial charge in [-0.1, -0.05) is 41.4 Å². The molecule has 3 amide bonds. The number of pyridine rings is 2. The van der Waals surface area contributed by atoms with E-state index in [4.69, 9.17) is 38.7 Å². The van der Waals surface area contributed by atoms with Gasteiger partial charge in [-0.05, 0) is 24.6 Å². The zero-order valence-corrected chi connectivity index (χ0v) is 28.0. The molecule has 250 valence electrons. The van der Waals surface area contributed by atoms with E-state index in [-0.39, 0.29) is 29.3 Å². The number of benzene rings is 1. The van der Waals surface area contributed by atoms with Crippen molar-refractivity contribution in [1.29, 1.82) is 0 Å². The Bertz CT molecular complexity index is 1900. The molecular weight excluding hydrogens is 657 g/mol. The van der Waals surface area contributed by atoms with Gasteiger partial charge < -0.3 is 31.0 Å². The fourth-order valence-corrected chi connectivity index (χ4v) is 6.67. The van der Waals surface area contributed by atoms with Crippen LogP contribution in [0.5, 0.6) is 5.88 Å². The van der Waals surface area contributed by atoms with E-state index in [1.807, 2.05) is 17.0 Å². The van der Waals surface area contributed by atoms with E-state index in [1.54, 1.807) is 49.2 Å². The molecule has 2 aliphatic heterocycles. The summed E-state index contributed by atoms with van der Waals surface area (Å²) in [6, 6.07) is 10.9. The maximum absolute atomic E-state index is 13.4. The SMILES string of the molecule is COc1nc(-c2ccnc(-c3cccc(NC(=O)c4nc5c(n4C)CCN(CC(N)=O)C5)c3Cl)c2Cl)ccc1CNCC1CCC(=O)N1. The third kappa shape index (κ3) is 6.99. The number of nitrogens with two attached hydrogens (primary N) is 1. The molecule has 48 heavy (non-hydrogen) atoms. The first-order valence-corrected chi connectivity index (χ1v) is 16.2. The number of aromatic nitrogens is 4. The Morgan fingerprint density at radius 1 is 1.10 bits per heavy atom.